The molecule has 0 radical (unpaired) electrons. The van der Waals surface area contributed by atoms with Crippen LogP contribution in [0.5, 0.6) is 0 Å². The van der Waals surface area contributed by atoms with Crippen molar-refractivity contribution < 1.29 is 0 Å². The van der Waals surface area contributed by atoms with E-state index >= 15 is 0 Å². The molecule has 0 unspecified atom stereocenters. The van der Waals surface area contributed by atoms with Gasteiger partial charge < -0.3 is 0 Å². The Hall–Kier alpha value is -0.000000000000000111. The summed E-state index contributed by atoms with van der Waals surface area (Å²) in [4.78, 5) is 15.3. The first-order valence-corrected chi connectivity index (χ1v) is 6.12. The highest BCUT2D eigenvalue weighted by Crippen LogP contribution is 2.13. The number of aromatic nitrogens is 2. The van der Waals surface area contributed by atoms with Crippen LogP contribution in [0.3, 0.4) is 0 Å². The molecule has 72 valence electrons. The number of hydrogen-bond acceptors (Lipinski definition) is 3. The van der Waals surface area contributed by atoms with Crippen LogP contribution in [0.2, 0.25) is 5.15 Å². The van der Waals surface area contributed by atoms with Gasteiger partial charge in [0.1, 0.15) is 4.47 Å². The molecule has 1 aromatic rings. The van der Waals surface area contributed by atoms with E-state index in [-0.39, 0.29) is 10.7 Å². The fourth-order valence-electron chi connectivity index (χ4n) is 0.793. The SMILES string of the molecule is CSCCn1cnc(Cl)c(Br)c1=O. The monoisotopic (exact) mass is 282 g/mol. The summed E-state index contributed by atoms with van der Waals surface area (Å²) in [6, 6.07) is 0. The normalized spacial score (nSPS) is 10.4. The molecule has 3 nitrogen and oxygen atoms in total. The minimum absolute atomic E-state index is 0.131. The minimum Gasteiger partial charge on any atom is -0.297 e. The summed E-state index contributed by atoms with van der Waals surface area (Å²) < 4.78 is 1.87. The molecule has 0 atom stereocenters. The van der Waals surface area contributed by atoms with E-state index in [1.54, 1.807) is 11.8 Å². The topological polar surface area (TPSA) is 34.9 Å². The molecule has 0 saturated carbocycles. The second-order valence-corrected chi connectivity index (χ2v) is 4.48. The van der Waals surface area contributed by atoms with Crippen molar-refractivity contribution >= 4 is 39.3 Å². The van der Waals surface area contributed by atoms with Crippen molar-refractivity contribution in [2.45, 2.75) is 6.54 Å². The molecule has 0 aliphatic rings. The van der Waals surface area contributed by atoms with E-state index in [9.17, 15) is 4.79 Å². The summed E-state index contributed by atoms with van der Waals surface area (Å²) in [5.74, 6) is 0.885. The number of thioether (sulfide) groups is 1. The molecule has 1 heterocycles. The third-order valence-corrected chi connectivity index (χ3v) is 3.30. The molecule has 0 aliphatic carbocycles. The highest BCUT2D eigenvalue weighted by atomic mass is 79.9. The standard InChI is InChI=1S/C7H8BrClN2OS/c1-13-3-2-11-4-10-6(9)5(8)7(11)12/h4H,2-3H2,1H3. The molecule has 0 bridgehead atoms. The van der Waals surface area contributed by atoms with E-state index in [0.717, 1.165) is 5.75 Å². The Labute approximate surface area is 93.6 Å². The zero-order valence-corrected chi connectivity index (χ0v) is 10.1. The van der Waals surface area contributed by atoms with Crippen molar-refractivity contribution in [2.24, 2.45) is 0 Å². The van der Waals surface area contributed by atoms with Gasteiger partial charge in [-0.25, -0.2) is 4.98 Å². The lowest BCUT2D eigenvalue weighted by molar-refractivity contribution is 0.710. The second-order valence-electron chi connectivity index (χ2n) is 2.34. The summed E-state index contributed by atoms with van der Waals surface area (Å²) >= 11 is 10.4. The number of rotatable bonds is 3. The van der Waals surface area contributed by atoms with Gasteiger partial charge in [-0.15, -0.1) is 0 Å². The molecule has 6 heteroatoms. The maximum atomic E-state index is 11.5. The van der Waals surface area contributed by atoms with Crippen LogP contribution in [0, 0.1) is 0 Å². The van der Waals surface area contributed by atoms with Crippen LogP contribution in [0.25, 0.3) is 0 Å². The van der Waals surface area contributed by atoms with Crippen LogP contribution >= 0.6 is 39.3 Å². The number of nitrogens with zero attached hydrogens (tertiary/aromatic N) is 2. The Kier molecular flexibility index (Phi) is 4.28. The smallest absolute Gasteiger partial charge is 0.269 e. The van der Waals surface area contributed by atoms with Gasteiger partial charge in [0, 0.05) is 12.3 Å². The van der Waals surface area contributed by atoms with Gasteiger partial charge in [0.05, 0.1) is 6.33 Å². The molecule has 1 aromatic heterocycles. The largest absolute Gasteiger partial charge is 0.297 e. The van der Waals surface area contributed by atoms with Crippen LogP contribution in [0.4, 0.5) is 0 Å². The molecule has 0 amide bonds. The summed E-state index contributed by atoms with van der Waals surface area (Å²) in [7, 11) is 0. The van der Waals surface area contributed by atoms with Crippen LogP contribution in [-0.2, 0) is 6.54 Å². The van der Waals surface area contributed by atoms with Gasteiger partial charge in [-0.3, -0.25) is 9.36 Å². The van der Waals surface area contributed by atoms with Gasteiger partial charge >= 0.3 is 0 Å². The van der Waals surface area contributed by atoms with E-state index in [2.05, 4.69) is 20.9 Å². The molecule has 0 saturated heterocycles. The fourth-order valence-corrected chi connectivity index (χ4v) is 1.63. The highest BCUT2D eigenvalue weighted by Gasteiger charge is 2.05. The van der Waals surface area contributed by atoms with Gasteiger partial charge in [0.15, 0.2) is 5.15 Å². The van der Waals surface area contributed by atoms with Crippen molar-refractivity contribution in [2.75, 3.05) is 12.0 Å². The highest BCUT2D eigenvalue weighted by molar-refractivity contribution is 9.10. The van der Waals surface area contributed by atoms with E-state index < -0.39 is 0 Å². The average Bonchev–Trinajstić information content (AvgIpc) is 2.13. The summed E-state index contributed by atoms with van der Waals surface area (Å²) in [5, 5.41) is 0.213. The lowest BCUT2D eigenvalue weighted by Gasteiger charge is -2.04. The maximum absolute atomic E-state index is 11.5. The molecular formula is C7H8BrClN2OS. The van der Waals surface area contributed by atoms with E-state index in [1.807, 2.05) is 6.26 Å². The lowest BCUT2D eigenvalue weighted by Crippen LogP contribution is -2.22. The number of hydrogen-bond donors (Lipinski definition) is 0. The zero-order valence-electron chi connectivity index (χ0n) is 6.96. The maximum Gasteiger partial charge on any atom is 0.269 e. The third-order valence-electron chi connectivity index (χ3n) is 1.48. The molecule has 13 heavy (non-hydrogen) atoms. The quantitative estimate of drug-likeness (QED) is 0.796. The summed E-state index contributed by atoms with van der Waals surface area (Å²) in [6.07, 6.45) is 3.45. The Morgan fingerprint density at radius 2 is 2.46 bits per heavy atom. The molecule has 0 aromatic carbocycles. The number of halogens is 2. The molecule has 0 aliphatic heterocycles. The molecular weight excluding hydrogens is 276 g/mol. The van der Waals surface area contributed by atoms with Gasteiger partial charge in [-0.2, -0.15) is 11.8 Å². The van der Waals surface area contributed by atoms with Crippen LogP contribution in [0.15, 0.2) is 15.6 Å². The minimum atomic E-state index is -0.131. The molecule has 0 spiro atoms. The summed E-state index contributed by atoms with van der Waals surface area (Å²) in [5.41, 5.74) is -0.131. The second kappa shape index (κ2) is 5.02. The lowest BCUT2D eigenvalue weighted by atomic mass is 10.6. The van der Waals surface area contributed by atoms with Crippen molar-refractivity contribution in [3.63, 3.8) is 0 Å². The molecule has 1 rings (SSSR count). The van der Waals surface area contributed by atoms with Crippen LogP contribution in [-0.4, -0.2) is 21.6 Å². The predicted octanol–water partition coefficient (Wildman–Crippen LogP) is 2.02. The van der Waals surface area contributed by atoms with Gasteiger partial charge in [0.25, 0.3) is 5.56 Å². The Morgan fingerprint density at radius 3 is 3.08 bits per heavy atom. The Morgan fingerprint density at radius 1 is 1.77 bits per heavy atom. The van der Waals surface area contributed by atoms with Crippen LogP contribution < -0.4 is 5.56 Å². The summed E-state index contributed by atoms with van der Waals surface area (Å²) in [6.45, 7) is 0.656. The van der Waals surface area contributed by atoms with Gasteiger partial charge in [-0.05, 0) is 22.2 Å². The van der Waals surface area contributed by atoms with Gasteiger partial charge in [-0.1, -0.05) is 11.6 Å². The molecule has 0 fully saturated rings. The fraction of sp³-hybridized carbons (Fsp3) is 0.429. The first kappa shape index (κ1) is 11.1. The van der Waals surface area contributed by atoms with Gasteiger partial charge in [0.2, 0.25) is 0 Å². The van der Waals surface area contributed by atoms with E-state index in [0.29, 0.717) is 11.0 Å². The predicted molar refractivity (Wildman–Crippen MR) is 59.6 cm³/mol. The van der Waals surface area contributed by atoms with Crippen molar-refractivity contribution in [3.05, 3.63) is 26.3 Å². The number of aryl methyl sites for hydroxylation is 1. The Bertz CT molecular complexity index is 355. The van der Waals surface area contributed by atoms with E-state index in [4.69, 9.17) is 11.6 Å². The average molecular weight is 284 g/mol. The van der Waals surface area contributed by atoms with Crippen molar-refractivity contribution in [1.82, 2.24) is 9.55 Å². The van der Waals surface area contributed by atoms with E-state index in [1.165, 1.54) is 10.9 Å². The Balaban J connectivity index is 2.97. The third kappa shape index (κ3) is 2.72. The zero-order chi connectivity index (χ0) is 9.84. The first-order valence-electron chi connectivity index (χ1n) is 3.56. The first-order chi connectivity index (χ1) is 6.16. The molecule has 0 N–H and O–H groups in total. The van der Waals surface area contributed by atoms with Crippen molar-refractivity contribution in [3.8, 4) is 0 Å². The van der Waals surface area contributed by atoms with Crippen LogP contribution in [0.1, 0.15) is 0 Å². The van der Waals surface area contributed by atoms with Crippen molar-refractivity contribution in [1.29, 1.82) is 0 Å².